The molecule has 5 nitrogen and oxygen atoms in total. The summed E-state index contributed by atoms with van der Waals surface area (Å²) in [5.41, 5.74) is 3.37. The third-order valence-electron chi connectivity index (χ3n) is 5.64. The number of nitrogens with one attached hydrogen (secondary N) is 1. The molecule has 5 heteroatoms. The molecule has 28 heavy (non-hydrogen) atoms. The highest BCUT2D eigenvalue weighted by molar-refractivity contribution is 5.76. The molecule has 1 aliphatic carbocycles. The summed E-state index contributed by atoms with van der Waals surface area (Å²) < 4.78 is 0. The Balaban J connectivity index is 1.58. The molecule has 0 aromatic heterocycles. The molecule has 0 heterocycles. The van der Waals surface area contributed by atoms with Crippen molar-refractivity contribution in [3.63, 3.8) is 0 Å². The van der Waals surface area contributed by atoms with Gasteiger partial charge in [0, 0.05) is 12.5 Å². The number of amides is 1. The number of rotatable bonds is 7. The molecule has 0 saturated heterocycles. The largest absolute Gasteiger partial charge is 0.508 e. The second-order valence-electron chi connectivity index (χ2n) is 7.88. The van der Waals surface area contributed by atoms with Crippen molar-refractivity contribution in [1.29, 1.82) is 0 Å². The molecule has 3 N–H and O–H groups in total. The number of carbonyl (C=O) groups excluding carboxylic acids is 1. The average molecular weight is 383 g/mol. The van der Waals surface area contributed by atoms with Crippen molar-refractivity contribution >= 4 is 5.91 Å². The predicted molar refractivity (Wildman–Crippen MR) is 110 cm³/mol. The minimum atomic E-state index is -0.541. The number of nitrogens with zero attached hydrogens (tertiary/aromatic N) is 1. The number of phenolic OH excluding ortho intramolecular Hbond substituents is 1. The molecule has 1 amide bonds. The molecule has 0 bridgehead atoms. The van der Waals surface area contributed by atoms with Crippen LogP contribution >= 0.6 is 0 Å². The number of phenols is 1. The molecule has 2 unspecified atom stereocenters. The van der Waals surface area contributed by atoms with Gasteiger partial charge in [0.1, 0.15) is 5.75 Å². The number of aliphatic hydroxyl groups excluding tert-OH is 1. The van der Waals surface area contributed by atoms with Crippen LogP contribution in [0.5, 0.6) is 5.75 Å². The lowest BCUT2D eigenvalue weighted by molar-refractivity contribution is -0.123. The van der Waals surface area contributed by atoms with E-state index in [0.29, 0.717) is 12.8 Å². The maximum atomic E-state index is 12.6. The minimum Gasteiger partial charge on any atom is -0.508 e. The summed E-state index contributed by atoms with van der Waals surface area (Å²) in [5, 5.41) is 22.9. The highest BCUT2D eigenvalue weighted by Crippen LogP contribution is 2.30. The monoisotopic (exact) mass is 382 g/mol. The summed E-state index contributed by atoms with van der Waals surface area (Å²) in [4.78, 5) is 14.7. The Morgan fingerprint density at radius 2 is 1.89 bits per heavy atom. The molecule has 3 rings (SSSR count). The van der Waals surface area contributed by atoms with Crippen LogP contribution in [0.25, 0.3) is 0 Å². The number of aliphatic hydroxyl groups is 1. The Bertz CT molecular complexity index is 789. The maximum Gasteiger partial charge on any atom is 0.220 e. The van der Waals surface area contributed by atoms with Gasteiger partial charge in [-0.25, -0.2) is 0 Å². The summed E-state index contributed by atoms with van der Waals surface area (Å²) in [7, 11) is 4.04. The molecular weight excluding hydrogens is 352 g/mol. The molecule has 150 valence electrons. The number of hydrogen-bond acceptors (Lipinski definition) is 4. The summed E-state index contributed by atoms with van der Waals surface area (Å²) in [6, 6.07) is 15.1. The lowest BCUT2D eigenvalue weighted by Gasteiger charge is -2.31. The highest BCUT2D eigenvalue weighted by Gasteiger charge is 2.29. The van der Waals surface area contributed by atoms with Crippen LogP contribution in [0.1, 0.15) is 42.0 Å². The molecule has 0 fully saturated rings. The fourth-order valence-electron chi connectivity index (χ4n) is 3.91. The maximum absolute atomic E-state index is 12.6. The zero-order valence-electron chi connectivity index (χ0n) is 16.6. The van der Waals surface area contributed by atoms with Crippen molar-refractivity contribution in [2.45, 2.75) is 50.3 Å². The van der Waals surface area contributed by atoms with Crippen molar-refractivity contribution in [3.8, 4) is 5.75 Å². The van der Waals surface area contributed by atoms with E-state index < -0.39 is 6.10 Å². The van der Waals surface area contributed by atoms with Crippen LogP contribution in [0.4, 0.5) is 0 Å². The molecular formula is C23H30N2O3. The fourth-order valence-corrected chi connectivity index (χ4v) is 3.91. The van der Waals surface area contributed by atoms with Crippen LogP contribution in [0.3, 0.4) is 0 Å². The second-order valence-corrected chi connectivity index (χ2v) is 7.88. The third-order valence-corrected chi connectivity index (χ3v) is 5.64. The van der Waals surface area contributed by atoms with Crippen molar-refractivity contribution in [1.82, 2.24) is 10.2 Å². The number of benzene rings is 2. The van der Waals surface area contributed by atoms with E-state index in [9.17, 15) is 15.0 Å². The number of hydrogen-bond donors (Lipinski definition) is 3. The number of fused-ring (bicyclic) bond motifs is 1. The summed E-state index contributed by atoms with van der Waals surface area (Å²) >= 11 is 0. The molecule has 0 aliphatic heterocycles. The SMILES string of the molecule is CN(C)[C@H](CCC(=O)NC1c2ccccc2CCC1O)Cc1ccc(O)cc1. The van der Waals surface area contributed by atoms with E-state index in [1.807, 2.05) is 44.4 Å². The fraction of sp³-hybridized carbons (Fsp3) is 0.435. The highest BCUT2D eigenvalue weighted by atomic mass is 16.3. The van der Waals surface area contributed by atoms with Gasteiger partial charge in [-0.2, -0.15) is 0 Å². The molecule has 0 spiro atoms. The van der Waals surface area contributed by atoms with Crippen molar-refractivity contribution in [3.05, 3.63) is 65.2 Å². The standard InChI is InChI=1S/C23H30N2O3/c1-25(2)18(15-16-7-11-19(26)12-8-16)10-14-22(28)24-23-20-6-4-3-5-17(20)9-13-21(23)27/h3-8,11-12,18,21,23,26-27H,9-10,13-15H2,1-2H3,(H,24,28)/t18-,21?,23?/m1/s1. The first-order valence-electron chi connectivity index (χ1n) is 9.93. The summed E-state index contributed by atoms with van der Waals surface area (Å²) in [5.74, 6) is 0.231. The second kappa shape index (κ2) is 9.22. The van der Waals surface area contributed by atoms with Gasteiger partial charge in [0.2, 0.25) is 5.91 Å². The van der Waals surface area contributed by atoms with E-state index in [-0.39, 0.29) is 23.7 Å². The van der Waals surface area contributed by atoms with Crippen molar-refractivity contribution in [2.75, 3.05) is 14.1 Å². The van der Waals surface area contributed by atoms with E-state index in [2.05, 4.69) is 16.3 Å². The normalized spacial score (nSPS) is 19.9. The lowest BCUT2D eigenvalue weighted by Crippen LogP contribution is -2.40. The van der Waals surface area contributed by atoms with E-state index in [1.54, 1.807) is 12.1 Å². The van der Waals surface area contributed by atoms with Gasteiger partial charge >= 0.3 is 0 Å². The first kappa shape index (κ1) is 20.4. The summed E-state index contributed by atoms with van der Waals surface area (Å²) in [6.07, 6.45) is 2.93. The molecule has 1 aliphatic rings. The number of aryl methyl sites for hydroxylation is 1. The Kier molecular flexibility index (Phi) is 6.70. The Hall–Kier alpha value is -2.37. The molecule has 2 aromatic carbocycles. The first-order valence-corrected chi connectivity index (χ1v) is 9.93. The van der Waals surface area contributed by atoms with E-state index in [4.69, 9.17) is 0 Å². The Morgan fingerprint density at radius 3 is 2.61 bits per heavy atom. The third kappa shape index (κ3) is 5.12. The Morgan fingerprint density at radius 1 is 1.18 bits per heavy atom. The Labute approximate surface area is 167 Å². The molecule has 0 saturated carbocycles. The van der Waals surface area contributed by atoms with Gasteiger partial charge in [-0.3, -0.25) is 4.79 Å². The molecule has 0 radical (unpaired) electrons. The zero-order valence-corrected chi connectivity index (χ0v) is 16.6. The van der Waals surface area contributed by atoms with E-state index in [0.717, 1.165) is 30.4 Å². The molecule has 2 aromatic rings. The van der Waals surface area contributed by atoms with Crippen LogP contribution in [-0.2, 0) is 17.6 Å². The topological polar surface area (TPSA) is 72.8 Å². The summed E-state index contributed by atoms with van der Waals surface area (Å²) in [6.45, 7) is 0. The number of likely N-dealkylation sites (N-methyl/N-ethyl adjacent to an activating group) is 1. The van der Waals surface area contributed by atoms with Gasteiger partial charge in [0.05, 0.1) is 12.1 Å². The van der Waals surface area contributed by atoms with E-state index >= 15 is 0 Å². The van der Waals surface area contributed by atoms with Crippen LogP contribution in [-0.4, -0.2) is 47.3 Å². The van der Waals surface area contributed by atoms with Gasteiger partial charge < -0.3 is 20.4 Å². The molecule has 3 atom stereocenters. The average Bonchev–Trinajstić information content (AvgIpc) is 2.68. The van der Waals surface area contributed by atoms with Gasteiger partial charge in [-0.1, -0.05) is 36.4 Å². The van der Waals surface area contributed by atoms with Crippen LogP contribution < -0.4 is 5.32 Å². The minimum absolute atomic E-state index is 0.0293. The van der Waals surface area contributed by atoms with Crippen LogP contribution in [0.15, 0.2) is 48.5 Å². The van der Waals surface area contributed by atoms with Crippen LogP contribution in [0.2, 0.25) is 0 Å². The van der Waals surface area contributed by atoms with Crippen molar-refractivity contribution < 1.29 is 15.0 Å². The zero-order chi connectivity index (χ0) is 20.1. The van der Waals surface area contributed by atoms with Gasteiger partial charge in [-0.05, 0) is 68.6 Å². The number of carbonyl (C=O) groups is 1. The van der Waals surface area contributed by atoms with Crippen LogP contribution in [0, 0.1) is 0 Å². The van der Waals surface area contributed by atoms with Crippen molar-refractivity contribution in [2.24, 2.45) is 0 Å². The predicted octanol–water partition coefficient (Wildman–Crippen LogP) is 2.81. The van der Waals surface area contributed by atoms with Gasteiger partial charge in [0.25, 0.3) is 0 Å². The first-order chi connectivity index (χ1) is 13.4. The number of aromatic hydroxyl groups is 1. The van der Waals surface area contributed by atoms with E-state index in [1.165, 1.54) is 5.56 Å². The smallest absolute Gasteiger partial charge is 0.220 e. The quantitative estimate of drug-likeness (QED) is 0.689. The lowest BCUT2D eigenvalue weighted by atomic mass is 9.85. The van der Waals surface area contributed by atoms with Gasteiger partial charge in [-0.15, -0.1) is 0 Å². The van der Waals surface area contributed by atoms with Gasteiger partial charge in [0.15, 0.2) is 0 Å².